The topological polar surface area (TPSA) is 86.4 Å². The van der Waals surface area contributed by atoms with Gasteiger partial charge in [-0.15, -0.1) is 0 Å². The lowest BCUT2D eigenvalue weighted by Gasteiger charge is -2.16. The predicted octanol–water partition coefficient (Wildman–Crippen LogP) is 2.04. The highest BCUT2D eigenvalue weighted by atomic mass is 16.2. The zero-order valence-corrected chi connectivity index (χ0v) is 11.6. The van der Waals surface area contributed by atoms with Gasteiger partial charge in [0, 0.05) is 55.5 Å². The fourth-order valence-corrected chi connectivity index (χ4v) is 2.76. The van der Waals surface area contributed by atoms with E-state index in [0.717, 1.165) is 17.8 Å². The zero-order chi connectivity index (χ0) is 14.7. The molecule has 21 heavy (non-hydrogen) atoms. The summed E-state index contributed by atoms with van der Waals surface area (Å²) in [6, 6.07) is 5.88. The van der Waals surface area contributed by atoms with Crippen molar-refractivity contribution >= 4 is 11.6 Å². The molecule has 0 radical (unpaired) electrons. The summed E-state index contributed by atoms with van der Waals surface area (Å²) in [5.41, 5.74) is 10.3. The lowest BCUT2D eigenvalue weighted by molar-refractivity contribution is -0.127. The molecule has 7 nitrogen and oxygen atoms in total. The zero-order valence-electron chi connectivity index (χ0n) is 11.6. The van der Waals surface area contributed by atoms with Crippen LogP contribution in [0.5, 0.6) is 0 Å². The SMILES string of the molecule is [N-]=[N+]=NCC1CC(=O)N(CCc2cnc3ccccn23)C1. The van der Waals surface area contributed by atoms with Gasteiger partial charge in [0.1, 0.15) is 5.65 Å². The van der Waals surface area contributed by atoms with Crippen molar-refractivity contribution in [2.24, 2.45) is 11.0 Å². The molecule has 0 spiro atoms. The van der Waals surface area contributed by atoms with E-state index >= 15 is 0 Å². The van der Waals surface area contributed by atoms with Crippen LogP contribution in [0.15, 0.2) is 35.7 Å². The molecule has 3 rings (SSSR count). The molecule has 3 heterocycles. The Morgan fingerprint density at radius 2 is 2.38 bits per heavy atom. The highest BCUT2D eigenvalue weighted by Crippen LogP contribution is 2.19. The van der Waals surface area contributed by atoms with Gasteiger partial charge in [0.2, 0.25) is 5.91 Å². The Balaban J connectivity index is 1.62. The maximum atomic E-state index is 11.9. The molecule has 1 saturated heterocycles. The van der Waals surface area contributed by atoms with Crippen LogP contribution in [0.25, 0.3) is 16.1 Å². The van der Waals surface area contributed by atoms with E-state index in [1.54, 1.807) is 0 Å². The van der Waals surface area contributed by atoms with Gasteiger partial charge in [-0.2, -0.15) is 0 Å². The molecule has 1 unspecified atom stereocenters. The molecule has 2 aromatic rings. The van der Waals surface area contributed by atoms with Crippen LogP contribution in [0, 0.1) is 5.92 Å². The average molecular weight is 284 g/mol. The van der Waals surface area contributed by atoms with Gasteiger partial charge in [0.15, 0.2) is 0 Å². The molecule has 1 fully saturated rings. The van der Waals surface area contributed by atoms with E-state index in [1.807, 2.05) is 39.9 Å². The Bertz CT molecular complexity index is 702. The maximum absolute atomic E-state index is 11.9. The van der Waals surface area contributed by atoms with E-state index in [0.29, 0.717) is 26.1 Å². The van der Waals surface area contributed by atoms with E-state index in [2.05, 4.69) is 15.0 Å². The van der Waals surface area contributed by atoms with Crippen LogP contribution in [0.3, 0.4) is 0 Å². The normalized spacial score (nSPS) is 18.2. The van der Waals surface area contributed by atoms with Crippen molar-refractivity contribution in [3.05, 3.63) is 46.7 Å². The van der Waals surface area contributed by atoms with Crippen LogP contribution >= 0.6 is 0 Å². The predicted molar refractivity (Wildman–Crippen MR) is 77.6 cm³/mol. The molecule has 1 atom stereocenters. The minimum Gasteiger partial charge on any atom is -0.342 e. The second-order valence-electron chi connectivity index (χ2n) is 5.25. The number of fused-ring (bicyclic) bond motifs is 1. The van der Waals surface area contributed by atoms with Crippen molar-refractivity contribution in [3.8, 4) is 0 Å². The smallest absolute Gasteiger partial charge is 0.222 e. The maximum Gasteiger partial charge on any atom is 0.222 e. The summed E-state index contributed by atoms with van der Waals surface area (Å²) in [7, 11) is 0. The van der Waals surface area contributed by atoms with Crippen LogP contribution in [0.4, 0.5) is 0 Å². The number of imidazole rings is 1. The van der Waals surface area contributed by atoms with E-state index < -0.39 is 0 Å². The quantitative estimate of drug-likeness (QED) is 0.478. The molecule has 1 aliphatic rings. The number of hydrogen-bond acceptors (Lipinski definition) is 3. The number of azide groups is 1. The Kier molecular flexibility index (Phi) is 3.75. The highest BCUT2D eigenvalue weighted by molar-refractivity contribution is 5.78. The van der Waals surface area contributed by atoms with Gasteiger partial charge in [0.25, 0.3) is 0 Å². The number of aromatic nitrogens is 2. The summed E-state index contributed by atoms with van der Waals surface area (Å²) in [5.74, 6) is 0.289. The lowest BCUT2D eigenvalue weighted by atomic mass is 10.1. The first-order chi connectivity index (χ1) is 10.3. The van der Waals surface area contributed by atoms with Gasteiger partial charge in [-0.05, 0) is 23.6 Å². The molecule has 2 aromatic heterocycles. The molecule has 0 aliphatic carbocycles. The molecule has 1 amide bonds. The van der Waals surface area contributed by atoms with Crippen molar-refractivity contribution < 1.29 is 4.79 Å². The van der Waals surface area contributed by atoms with Gasteiger partial charge in [-0.25, -0.2) is 4.98 Å². The minimum absolute atomic E-state index is 0.141. The van der Waals surface area contributed by atoms with Crippen molar-refractivity contribution in [2.75, 3.05) is 19.6 Å². The molecular weight excluding hydrogens is 268 g/mol. The number of pyridine rings is 1. The third-order valence-electron chi connectivity index (χ3n) is 3.83. The summed E-state index contributed by atoms with van der Waals surface area (Å²) in [6.07, 6.45) is 5.08. The molecule has 0 aromatic carbocycles. The van der Waals surface area contributed by atoms with Crippen molar-refractivity contribution in [1.82, 2.24) is 14.3 Å². The Morgan fingerprint density at radius 1 is 1.48 bits per heavy atom. The molecule has 0 bridgehead atoms. The van der Waals surface area contributed by atoms with Crippen LogP contribution in [0.1, 0.15) is 12.1 Å². The first-order valence-corrected chi connectivity index (χ1v) is 6.97. The second kappa shape index (κ2) is 5.85. The summed E-state index contributed by atoms with van der Waals surface area (Å²) >= 11 is 0. The largest absolute Gasteiger partial charge is 0.342 e. The molecule has 0 saturated carbocycles. The van der Waals surface area contributed by atoms with Gasteiger partial charge >= 0.3 is 0 Å². The van der Waals surface area contributed by atoms with Crippen molar-refractivity contribution in [1.29, 1.82) is 0 Å². The van der Waals surface area contributed by atoms with Gasteiger partial charge in [0.05, 0.1) is 0 Å². The number of amides is 1. The number of carbonyl (C=O) groups is 1. The van der Waals surface area contributed by atoms with Crippen LogP contribution < -0.4 is 0 Å². The van der Waals surface area contributed by atoms with Crippen LogP contribution in [-0.2, 0) is 11.2 Å². The third-order valence-corrected chi connectivity index (χ3v) is 3.83. The van der Waals surface area contributed by atoms with Crippen molar-refractivity contribution in [2.45, 2.75) is 12.8 Å². The third kappa shape index (κ3) is 2.83. The van der Waals surface area contributed by atoms with Crippen LogP contribution in [-0.4, -0.2) is 39.8 Å². The monoisotopic (exact) mass is 284 g/mol. The highest BCUT2D eigenvalue weighted by Gasteiger charge is 2.28. The first kappa shape index (κ1) is 13.5. The number of likely N-dealkylation sites (tertiary alicyclic amines) is 1. The first-order valence-electron chi connectivity index (χ1n) is 6.97. The number of nitrogens with zero attached hydrogens (tertiary/aromatic N) is 6. The molecule has 1 aliphatic heterocycles. The summed E-state index contributed by atoms with van der Waals surface area (Å²) < 4.78 is 2.04. The summed E-state index contributed by atoms with van der Waals surface area (Å²) in [4.78, 5) is 20.9. The van der Waals surface area contributed by atoms with E-state index in [1.165, 1.54) is 0 Å². The van der Waals surface area contributed by atoms with Crippen molar-refractivity contribution in [3.63, 3.8) is 0 Å². The number of carbonyl (C=O) groups excluding carboxylic acids is 1. The average Bonchev–Trinajstić information content (AvgIpc) is 3.06. The Morgan fingerprint density at radius 3 is 3.24 bits per heavy atom. The number of rotatable bonds is 5. The fourth-order valence-electron chi connectivity index (χ4n) is 2.76. The molecule has 0 N–H and O–H groups in total. The van der Waals surface area contributed by atoms with E-state index in [4.69, 9.17) is 5.53 Å². The Labute approximate surface area is 121 Å². The minimum atomic E-state index is 0.141. The summed E-state index contributed by atoms with van der Waals surface area (Å²) in [5, 5.41) is 3.56. The molecule has 108 valence electrons. The standard InChI is InChI=1S/C14H16N6O/c15-18-17-8-11-7-14(21)19(10-11)6-4-12-9-16-13-3-1-2-5-20(12)13/h1-3,5,9,11H,4,6-8,10H2. The van der Waals surface area contributed by atoms with E-state index in [9.17, 15) is 4.79 Å². The van der Waals surface area contributed by atoms with E-state index in [-0.39, 0.29) is 11.8 Å². The fraction of sp³-hybridized carbons (Fsp3) is 0.429. The van der Waals surface area contributed by atoms with Crippen LogP contribution in [0.2, 0.25) is 0 Å². The molecular formula is C14H16N6O. The van der Waals surface area contributed by atoms with Gasteiger partial charge < -0.3 is 9.30 Å². The van der Waals surface area contributed by atoms with Gasteiger partial charge in [-0.1, -0.05) is 11.2 Å². The number of hydrogen-bond donors (Lipinski definition) is 0. The van der Waals surface area contributed by atoms with Gasteiger partial charge in [-0.3, -0.25) is 4.79 Å². The Hall–Kier alpha value is -2.53. The lowest BCUT2D eigenvalue weighted by Crippen LogP contribution is -2.28. The molecule has 7 heteroatoms. The second-order valence-corrected chi connectivity index (χ2v) is 5.25. The summed E-state index contributed by atoms with van der Waals surface area (Å²) in [6.45, 7) is 1.75.